The van der Waals surface area contributed by atoms with Gasteiger partial charge in [0.05, 0.1) is 18.8 Å². The van der Waals surface area contributed by atoms with Gasteiger partial charge in [0.15, 0.2) is 0 Å². The maximum absolute atomic E-state index is 11.7. The quantitative estimate of drug-likeness (QED) is 0.728. The van der Waals surface area contributed by atoms with Gasteiger partial charge in [0.2, 0.25) is 0 Å². The third-order valence-corrected chi connectivity index (χ3v) is 2.40. The molecule has 0 bridgehead atoms. The summed E-state index contributed by atoms with van der Waals surface area (Å²) < 4.78 is 10.2. The molecular formula is C11H20N2O4. The molecule has 0 radical (unpaired) electrons. The first-order valence-electron chi connectivity index (χ1n) is 5.86. The summed E-state index contributed by atoms with van der Waals surface area (Å²) in [5.41, 5.74) is 0. The highest BCUT2D eigenvalue weighted by Crippen LogP contribution is 2.10. The van der Waals surface area contributed by atoms with E-state index in [2.05, 4.69) is 5.32 Å². The molecule has 0 spiro atoms. The van der Waals surface area contributed by atoms with Gasteiger partial charge in [0.1, 0.15) is 6.54 Å². The highest BCUT2D eigenvalue weighted by Gasteiger charge is 2.25. The molecule has 1 heterocycles. The molecule has 0 unspecified atom stereocenters. The fourth-order valence-electron chi connectivity index (χ4n) is 1.82. The van der Waals surface area contributed by atoms with Crippen LogP contribution in [0.25, 0.3) is 0 Å². The van der Waals surface area contributed by atoms with E-state index in [1.54, 1.807) is 11.8 Å². The minimum atomic E-state index is -0.421. The molecule has 0 aromatic rings. The largest absolute Gasteiger partial charge is 0.465 e. The van der Waals surface area contributed by atoms with Gasteiger partial charge in [0.25, 0.3) is 0 Å². The van der Waals surface area contributed by atoms with Crippen molar-refractivity contribution in [3.63, 3.8) is 0 Å². The minimum absolute atomic E-state index is 0.0205. The second kappa shape index (κ2) is 6.44. The van der Waals surface area contributed by atoms with Crippen LogP contribution in [0.15, 0.2) is 0 Å². The van der Waals surface area contributed by atoms with Crippen LogP contribution < -0.4 is 5.32 Å². The number of ether oxygens (including phenoxy) is 2. The van der Waals surface area contributed by atoms with Gasteiger partial charge in [-0.25, -0.2) is 4.79 Å². The van der Waals surface area contributed by atoms with Crippen molar-refractivity contribution in [1.29, 1.82) is 0 Å². The van der Waals surface area contributed by atoms with Gasteiger partial charge in [-0.3, -0.25) is 4.79 Å². The number of morpholine rings is 1. The van der Waals surface area contributed by atoms with Gasteiger partial charge < -0.3 is 19.7 Å². The molecular weight excluding hydrogens is 224 g/mol. The summed E-state index contributed by atoms with van der Waals surface area (Å²) in [7, 11) is 0. The summed E-state index contributed by atoms with van der Waals surface area (Å²) in [6, 6.07) is -0.250. The van der Waals surface area contributed by atoms with Crippen LogP contribution in [0, 0.1) is 0 Å². The second-order valence-electron chi connectivity index (χ2n) is 4.13. The lowest BCUT2D eigenvalue weighted by Crippen LogP contribution is -2.52. The number of amides is 2. The molecule has 1 N–H and O–H groups in total. The first-order chi connectivity index (χ1) is 8.02. The predicted molar refractivity (Wildman–Crippen MR) is 61.6 cm³/mol. The van der Waals surface area contributed by atoms with Crippen molar-refractivity contribution in [3.8, 4) is 0 Å². The molecule has 6 heteroatoms. The number of urea groups is 1. The molecule has 1 saturated heterocycles. The molecule has 0 aromatic heterocycles. The van der Waals surface area contributed by atoms with Crippen molar-refractivity contribution in [1.82, 2.24) is 10.2 Å². The van der Waals surface area contributed by atoms with Crippen LogP contribution in [0.2, 0.25) is 0 Å². The molecule has 1 rings (SSSR count). The molecule has 1 fully saturated rings. The number of hydrogen-bond acceptors (Lipinski definition) is 4. The maximum Gasteiger partial charge on any atom is 0.325 e. The van der Waals surface area contributed by atoms with Gasteiger partial charge in [-0.2, -0.15) is 0 Å². The number of nitrogens with one attached hydrogen (secondary N) is 1. The first kappa shape index (κ1) is 13.8. The van der Waals surface area contributed by atoms with Gasteiger partial charge in [0, 0.05) is 13.1 Å². The number of hydrogen-bond donors (Lipinski definition) is 1. The van der Waals surface area contributed by atoms with Crippen LogP contribution in [-0.4, -0.2) is 55.3 Å². The molecule has 0 aliphatic carbocycles. The third kappa shape index (κ3) is 4.60. The minimum Gasteiger partial charge on any atom is -0.465 e. The second-order valence-corrected chi connectivity index (χ2v) is 4.13. The van der Waals surface area contributed by atoms with Gasteiger partial charge in [-0.15, -0.1) is 0 Å². The van der Waals surface area contributed by atoms with Gasteiger partial charge in [-0.1, -0.05) is 0 Å². The van der Waals surface area contributed by atoms with E-state index >= 15 is 0 Å². The van der Waals surface area contributed by atoms with E-state index in [1.165, 1.54) is 0 Å². The topological polar surface area (TPSA) is 67.9 Å². The van der Waals surface area contributed by atoms with Crippen LogP contribution in [-0.2, 0) is 14.3 Å². The summed E-state index contributed by atoms with van der Waals surface area (Å²) >= 11 is 0. The lowest BCUT2D eigenvalue weighted by Gasteiger charge is -2.35. The number of esters is 1. The molecule has 0 aromatic carbocycles. The normalized spacial score (nSPS) is 24.3. The van der Waals surface area contributed by atoms with Gasteiger partial charge >= 0.3 is 12.0 Å². The van der Waals surface area contributed by atoms with Crippen molar-refractivity contribution in [2.45, 2.75) is 33.0 Å². The molecule has 98 valence electrons. The van der Waals surface area contributed by atoms with Gasteiger partial charge in [-0.05, 0) is 20.8 Å². The van der Waals surface area contributed by atoms with E-state index in [0.717, 1.165) is 0 Å². The third-order valence-electron chi connectivity index (χ3n) is 2.40. The van der Waals surface area contributed by atoms with Crippen molar-refractivity contribution in [2.24, 2.45) is 0 Å². The monoisotopic (exact) mass is 244 g/mol. The van der Waals surface area contributed by atoms with Crippen molar-refractivity contribution >= 4 is 12.0 Å². The average molecular weight is 244 g/mol. The van der Waals surface area contributed by atoms with Crippen molar-refractivity contribution in [2.75, 3.05) is 26.2 Å². The van der Waals surface area contributed by atoms with Crippen LogP contribution in [0.3, 0.4) is 0 Å². The maximum atomic E-state index is 11.7. The molecule has 1 aliphatic heterocycles. The molecule has 2 atom stereocenters. The Labute approximate surface area is 101 Å². The van der Waals surface area contributed by atoms with E-state index in [1.807, 2.05) is 13.8 Å². The first-order valence-corrected chi connectivity index (χ1v) is 5.86. The fraction of sp³-hybridized carbons (Fsp3) is 0.818. The van der Waals surface area contributed by atoms with E-state index in [-0.39, 0.29) is 24.8 Å². The predicted octanol–water partition coefficient (Wildman–Crippen LogP) is 0.368. The highest BCUT2D eigenvalue weighted by atomic mass is 16.5. The van der Waals surface area contributed by atoms with E-state index in [0.29, 0.717) is 19.7 Å². The zero-order valence-corrected chi connectivity index (χ0v) is 10.6. The molecule has 17 heavy (non-hydrogen) atoms. The number of rotatable bonds is 3. The Kier molecular flexibility index (Phi) is 5.21. The number of carbonyl (C=O) groups excluding carboxylic acids is 2. The Morgan fingerprint density at radius 2 is 1.94 bits per heavy atom. The summed E-state index contributed by atoms with van der Waals surface area (Å²) in [5.74, 6) is -0.421. The van der Waals surface area contributed by atoms with Crippen molar-refractivity contribution in [3.05, 3.63) is 0 Å². The number of nitrogens with zero attached hydrogens (tertiary/aromatic N) is 1. The average Bonchev–Trinajstić information content (AvgIpc) is 2.25. The lowest BCUT2D eigenvalue weighted by atomic mass is 10.2. The summed E-state index contributed by atoms with van der Waals surface area (Å²) in [5, 5.41) is 2.53. The summed E-state index contributed by atoms with van der Waals surface area (Å²) in [6.45, 7) is 6.87. The lowest BCUT2D eigenvalue weighted by molar-refractivity contribution is -0.141. The van der Waals surface area contributed by atoms with E-state index in [9.17, 15) is 9.59 Å². The van der Waals surface area contributed by atoms with Crippen LogP contribution in [0.5, 0.6) is 0 Å². The Morgan fingerprint density at radius 1 is 1.35 bits per heavy atom. The summed E-state index contributed by atoms with van der Waals surface area (Å²) in [6.07, 6.45) is 0.0409. The van der Waals surface area contributed by atoms with Crippen LogP contribution in [0.4, 0.5) is 4.79 Å². The summed E-state index contributed by atoms with van der Waals surface area (Å²) in [4.78, 5) is 24.5. The smallest absolute Gasteiger partial charge is 0.325 e. The highest BCUT2D eigenvalue weighted by molar-refractivity contribution is 5.80. The molecule has 6 nitrogen and oxygen atoms in total. The van der Waals surface area contributed by atoms with Crippen LogP contribution >= 0.6 is 0 Å². The van der Waals surface area contributed by atoms with E-state index in [4.69, 9.17) is 9.47 Å². The molecule has 0 saturated carbocycles. The SMILES string of the molecule is CCOC(=O)CNC(=O)N1C[C@@H](C)O[C@@H](C)C1. The zero-order valence-electron chi connectivity index (χ0n) is 10.6. The Hall–Kier alpha value is -1.30. The van der Waals surface area contributed by atoms with Crippen molar-refractivity contribution < 1.29 is 19.1 Å². The zero-order chi connectivity index (χ0) is 12.8. The standard InChI is InChI=1S/C11H20N2O4/c1-4-16-10(14)5-12-11(15)13-6-8(2)17-9(3)7-13/h8-9H,4-7H2,1-3H3,(H,12,15)/t8-,9+. The molecule has 1 aliphatic rings. The van der Waals surface area contributed by atoms with Crippen LogP contribution in [0.1, 0.15) is 20.8 Å². The Balaban J connectivity index is 2.34. The fourth-order valence-corrected chi connectivity index (χ4v) is 1.82. The molecule has 2 amide bonds. The van der Waals surface area contributed by atoms with E-state index < -0.39 is 5.97 Å². The Morgan fingerprint density at radius 3 is 2.47 bits per heavy atom. The Bertz CT molecular complexity index is 273. The number of carbonyl (C=O) groups is 2.